The predicted molar refractivity (Wildman–Crippen MR) is 86.5 cm³/mol. The number of nitrogens with one attached hydrogen (secondary N) is 1. The summed E-state index contributed by atoms with van der Waals surface area (Å²) >= 11 is 0. The van der Waals surface area contributed by atoms with Crippen molar-refractivity contribution in [1.82, 2.24) is 20.0 Å². The minimum Gasteiger partial charge on any atom is -0.355 e. The maximum atomic E-state index is 12.7. The van der Waals surface area contributed by atoms with Crippen molar-refractivity contribution in [1.29, 1.82) is 0 Å². The fraction of sp³-hybridized carbons (Fsp3) is 0.875. The van der Waals surface area contributed by atoms with Crippen LogP contribution < -0.4 is 5.32 Å². The van der Waals surface area contributed by atoms with Gasteiger partial charge in [0.2, 0.25) is 11.8 Å². The Morgan fingerprint density at radius 3 is 2.27 bits per heavy atom. The van der Waals surface area contributed by atoms with Crippen molar-refractivity contribution >= 4 is 11.8 Å². The lowest BCUT2D eigenvalue weighted by atomic mass is 10.0. The Balaban J connectivity index is 1.80. The number of piperazine rings is 1. The van der Waals surface area contributed by atoms with Crippen LogP contribution in [0.25, 0.3) is 0 Å². The molecule has 0 aromatic heterocycles. The summed E-state index contributed by atoms with van der Waals surface area (Å²) in [6.45, 7) is 8.10. The zero-order valence-corrected chi connectivity index (χ0v) is 14.2. The molecule has 0 bridgehead atoms. The first-order chi connectivity index (χ1) is 10.5. The molecule has 1 saturated carbocycles. The molecule has 2 aliphatic rings. The molecular weight excluding hydrogens is 280 g/mol. The summed E-state index contributed by atoms with van der Waals surface area (Å²) in [6.07, 6.45) is 2.33. The van der Waals surface area contributed by atoms with Crippen LogP contribution in [0.1, 0.15) is 26.2 Å². The summed E-state index contributed by atoms with van der Waals surface area (Å²) in [5, 5.41) is 2.96. The first-order valence-electron chi connectivity index (χ1n) is 8.44. The van der Waals surface area contributed by atoms with E-state index in [0.717, 1.165) is 45.7 Å². The van der Waals surface area contributed by atoms with Crippen molar-refractivity contribution in [3.8, 4) is 0 Å². The molecule has 22 heavy (non-hydrogen) atoms. The minimum atomic E-state index is -0.744. The van der Waals surface area contributed by atoms with Crippen molar-refractivity contribution in [3.05, 3.63) is 0 Å². The van der Waals surface area contributed by atoms with Crippen molar-refractivity contribution in [2.45, 2.75) is 26.2 Å². The van der Waals surface area contributed by atoms with Gasteiger partial charge in [-0.1, -0.05) is 6.92 Å². The molecule has 1 saturated heterocycles. The number of amides is 2. The molecule has 0 atom stereocenters. The summed E-state index contributed by atoms with van der Waals surface area (Å²) < 4.78 is 0. The standard InChI is InChI=1S/C16H30N4O2/c1-4-19-10-12-20(13-11-19)15(22)16(6-7-16)14(21)17-8-5-9-18(2)3/h4-13H2,1-3H3,(H,17,21). The van der Waals surface area contributed by atoms with Crippen LogP contribution in [0.2, 0.25) is 0 Å². The van der Waals surface area contributed by atoms with Crippen LogP contribution in [0, 0.1) is 5.41 Å². The van der Waals surface area contributed by atoms with Gasteiger partial charge in [-0.05, 0) is 46.4 Å². The number of likely N-dealkylation sites (N-methyl/N-ethyl adjacent to an activating group) is 1. The molecule has 2 rings (SSSR count). The molecule has 1 heterocycles. The maximum Gasteiger partial charge on any atom is 0.238 e. The molecule has 0 aromatic rings. The van der Waals surface area contributed by atoms with Crippen LogP contribution in [0.3, 0.4) is 0 Å². The highest BCUT2D eigenvalue weighted by molar-refractivity contribution is 6.07. The third-order valence-electron chi connectivity index (χ3n) is 4.77. The van der Waals surface area contributed by atoms with Crippen LogP contribution in [-0.4, -0.2) is 86.4 Å². The van der Waals surface area contributed by atoms with Gasteiger partial charge in [-0.15, -0.1) is 0 Å². The average molecular weight is 310 g/mol. The molecule has 1 aliphatic carbocycles. The van der Waals surface area contributed by atoms with E-state index in [1.165, 1.54) is 0 Å². The zero-order chi connectivity index (χ0) is 16.2. The Hall–Kier alpha value is -1.14. The van der Waals surface area contributed by atoms with Gasteiger partial charge in [0.25, 0.3) is 0 Å². The molecule has 2 fully saturated rings. The Labute approximate surface area is 133 Å². The predicted octanol–water partition coefficient (Wildman–Crippen LogP) is -0.00140. The minimum absolute atomic E-state index is 0.0494. The van der Waals surface area contributed by atoms with Gasteiger partial charge >= 0.3 is 0 Å². The first kappa shape index (κ1) is 17.2. The van der Waals surface area contributed by atoms with Crippen LogP contribution in [0.4, 0.5) is 0 Å². The van der Waals surface area contributed by atoms with Crippen molar-refractivity contribution < 1.29 is 9.59 Å². The molecule has 6 nitrogen and oxygen atoms in total. The summed E-state index contributed by atoms with van der Waals surface area (Å²) in [6, 6.07) is 0. The van der Waals surface area contributed by atoms with Crippen LogP contribution in [0.15, 0.2) is 0 Å². The van der Waals surface area contributed by atoms with E-state index in [1.54, 1.807) is 0 Å². The van der Waals surface area contributed by atoms with Gasteiger partial charge in [0.1, 0.15) is 5.41 Å². The number of hydrogen-bond donors (Lipinski definition) is 1. The lowest BCUT2D eigenvalue weighted by Gasteiger charge is -2.35. The quantitative estimate of drug-likeness (QED) is 0.531. The molecule has 0 spiro atoms. The van der Waals surface area contributed by atoms with E-state index >= 15 is 0 Å². The largest absolute Gasteiger partial charge is 0.355 e. The van der Waals surface area contributed by atoms with Crippen LogP contribution >= 0.6 is 0 Å². The van der Waals surface area contributed by atoms with Gasteiger partial charge in [-0.3, -0.25) is 9.59 Å². The van der Waals surface area contributed by atoms with Crippen LogP contribution in [0.5, 0.6) is 0 Å². The van der Waals surface area contributed by atoms with Gasteiger partial charge in [-0.25, -0.2) is 0 Å². The number of rotatable bonds is 7. The summed E-state index contributed by atoms with van der Waals surface area (Å²) in [5.74, 6) is -0.0115. The molecular formula is C16H30N4O2. The monoisotopic (exact) mass is 310 g/mol. The SMILES string of the molecule is CCN1CCN(C(=O)C2(C(=O)NCCCN(C)C)CC2)CC1. The number of nitrogens with zero attached hydrogens (tertiary/aromatic N) is 3. The van der Waals surface area contributed by atoms with Crippen LogP contribution in [-0.2, 0) is 9.59 Å². The smallest absolute Gasteiger partial charge is 0.238 e. The summed E-state index contributed by atoms with van der Waals surface area (Å²) in [7, 11) is 4.04. The molecule has 0 radical (unpaired) electrons. The van der Waals surface area contributed by atoms with E-state index in [9.17, 15) is 9.59 Å². The van der Waals surface area contributed by atoms with E-state index in [-0.39, 0.29) is 11.8 Å². The Morgan fingerprint density at radius 2 is 1.77 bits per heavy atom. The molecule has 1 N–H and O–H groups in total. The highest BCUT2D eigenvalue weighted by Gasteiger charge is 2.57. The van der Waals surface area contributed by atoms with Crippen molar-refractivity contribution in [2.75, 3.05) is 59.9 Å². The van der Waals surface area contributed by atoms with Crippen molar-refractivity contribution in [2.24, 2.45) is 5.41 Å². The van der Waals surface area contributed by atoms with Gasteiger partial charge in [0, 0.05) is 32.7 Å². The Morgan fingerprint density at radius 1 is 1.14 bits per heavy atom. The van der Waals surface area contributed by atoms with Crippen molar-refractivity contribution in [3.63, 3.8) is 0 Å². The van der Waals surface area contributed by atoms with Gasteiger partial charge < -0.3 is 20.0 Å². The number of hydrogen-bond acceptors (Lipinski definition) is 4. The van der Waals surface area contributed by atoms with E-state index < -0.39 is 5.41 Å². The molecule has 1 aliphatic heterocycles. The number of carbonyl (C=O) groups excluding carboxylic acids is 2. The van der Waals surface area contributed by atoms with E-state index in [0.29, 0.717) is 19.4 Å². The maximum absolute atomic E-state index is 12.7. The summed E-state index contributed by atoms with van der Waals surface area (Å²) in [5.41, 5.74) is -0.744. The third kappa shape index (κ3) is 3.98. The Kier molecular flexibility index (Phi) is 5.81. The summed E-state index contributed by atoms with van der Waals surface area (Å²) in [4.78, 5) is 31.4. The van der Waals surface area contributed by atoms with Gasteiger partial charge in [0.05, 0.1) is 0 Å². The highest BCUT2D eigenvalue weighted by atomic mass is 16.2. The molecule has 0 aromatic carbocycles. The normalized spacial score (nSPS) is 21.0. The second-order valence-corrected chi connectivity index (χ2v) is 6.72. The van der Waals surface area contributed by atoms with E-state index in [1.807, 2.05) is 19.0 Å². The lowest BCUT2D eigenvalue weighted by molar-refractivity contribution is -0.145. The topological polar surface area (TPSA) is 55.9 Å². The molecule has 0 unspecified atom stereocenters. The molecule has 2 amide bonds. The lowest BCUT2D eigenvalue weighted by Crippen LogP contribution is -2.53. The third-order valence-corrected chi connectivity index (χ3v) is 4.77. The van der Waals surface area contributed by atoms with E-state index in [4.69, 9.17) is 0 Å². The average Bonchev–Trinajstić information content (AvgIpc) is 3.32. The molecule has 6 heteroatoms. The second-order valence-electron chi connectivity index (χ2n) is 6.72. The Bertz CT molecular complexity index is 399. The zero-order valence-electron chi connectivity index (χ0n) is 14.2. The second kappa shape index (κ2) is 7.42. The first-order valence-corrected chi connectivity index (χ1v) is 8.44. The molecule has 126 valence electrons. The van der Waals surface area contributed by atoms with Gasteiger partial charge in [-0.2, -0.15) is 0 Å². The fourth-order valence-corrected chi connectivity index (χ4v) is 3.00. The van der Waals surface area contributed by atoms with Gasteiger partial charge in [0.15, 0.2) is 0 Å². The van der Waals surface area contributed by atoms with E-state index in [2.05, 4.69) is 22.0 Å². The fourth-order valence-electron chi connectivity index (χ4n) is 3.00. The highest BCUT2D eigenvalue weighted by Crippen LogP contribution is 2.47. The number of carbonyl (C=O) groups is 2.